The van der Waals surface area contributed by atoms with Crippen molar-refractivity contribution in [2.45, 2.75) is 58.1 Å². The standard InChI is InChI=1S/C13H25N3O2S/c1-6-14-9-11-8-12(10-16(11)7-2)19(17,18)15-13(3,4)5/h8,10,14-15H,6-7,9H2,1-5H3. The van der Waals surface area contributed by atoms with Gasteiger partial charge in [-0.05, 0) is 40.3 Å². The number of nitrogens with zero attached hydrogens (tertiary/aromatic N) is 1. The van der Waals surface area contributed by atoms with Crippen LogP contribution < -0.4 is 10.0 Å². The van der Waals surface area contributed by atoms with E-state index in [1.807, 2.05) is 39.2 Å². The zero-order valence-corrected chi connectivity index (χ0v) is 13.3. The molecule has 0 aliphatic carbocycles. The molecule has 2 N–H and O–H groups in total. The van der Waals surface area contributed by atoms with Gasteiger partial charge in [-0.1, -0.05) is 6.92 Å². The summed E-state index contributed by atoms with van der Waals surface area (Å²) in [5, 5.41) is 3.22. The molecule has 1 aromatic heterocycles. The van der Waals surface area contributed by atoms with Crippen molar-refractivity contribution in [3.8, 4) is 0 Å². The number of sulfonamides is 1. The molecule has 0 aliphatic rings. The second-order valence-corrected chi connectivity index (χ2v) is 7.27. The summed E-state index contributed by atoms with van der Waals surface area (Å²) in [6, 6.07) is 1.74. The summed E-state index contributed by atoms with van der Waals surface area (Å²) in [4.78, 5) is 0.331. The van der Waals surface area contributed by atoms with Gasteiger partial charge >= 0.3 is 0 Å². The Kier molecular flexibility index (Phi) is 5.18. The summed E-state index contributed by atoms with van der Waals surface area (Å²) >= 11 is 0. The highest BCUT2D eigenvalue weighted by Crippen LogP contribution is 2.17. The monoisotopic (exact) mass is 287 g/mol. The van der Waals surface area contributed by atoms with E-state index in [1.54, 1.807) is 12.3 Å². The summed E-state index contributed by atoms with van der Waals surface area (Å²) in [7, 11) is -3.45. The molecule has 19 heavy (non-hydrogen) atoms. The molecule has 0 aliphatic heterocycles. The minimum atomic E-state index is -3.45. The van der Waals surface area contributed by atoms with Crippen molar-refractivity contribution in [1.82, 2.24) is 14.6 Å². The maximum atomic E-state index is 12.3. The molecule has 0 aromatic carbocycles. The number of hydrogen-bond donors (Lipinski definition) is 2. The summed E-state index contributed by atoms with van der Waals surface area (Å²) in [5.41, 5.74) is 0.508. The Hall–Kier alpha value is -0.850. The largest absolute Gasteiger partial charge is 0.349 e. The average Bonchev–Trinajstić information content (AvgIpc) is 2.66. The molecule has 0 bridgehead atoms. The van der Waals surface area contributed by atoms with Gasteiger partial charge in [-0.3, -0.25) is 0 Å². The van der Waals surface area contributed by atoms with Crippen LogP contribution in [0, 0.1) is 0 Å². The molecule has 1 heterocycles. The lowest BCUT2D eigenvalue weighted by molar-refractivity contribution is 0.491. The zero-order chi connectivity index (χ0) is 14.7. The molecule has 5 nitrogen and oxygen atoms in total. The van der Waals surface area contributed by atoms with E-state index in [0.717, 1.165) is 18.8 Å². The molecular weight excluding hydrogens is 262 g/mol. The first-order valence-corrected chi connectivity index (χ1v) is 8.11. The minimum absolute atomic E-state index is 0.331. The number of nitrogens with one attached hydrogen (secondary N) is 2. The van der Waals surface area contributed by atoms with Crippen LogP contribution in [0.1, 0.15) is 40.3 Å². The van der Waals surface area contributed by atoms with E-state index >= 15 is 0 Å². The maximum absolute atomic E-state index is 12.3. The third kappa shape index (κ3) is 4.63. The lowest BCUT2D eigenvalue weighted by Crippen LogP contribution is -2.40. The van der Waals surface area contributed by atoms with Gasteiger partial charge in [-0.2, -0.15) is 0 Å². The predicted molar refractivity (Wildman–Crippen MR) is 77.6 cm³/mol. The normalized spacial score (nSPS) is 12.9. The first-order valence-electron chi connectivity index (χ1n) is 6.63. The van der Waals surface area contributed by atoms with Gasteiger partial charge in [0.25, 0.3) is 0 Å². The fourth-order valence-electron chi connectivity index (χ4n) is 1.83. The van der Waals surface area contributed by atoms with E-state index in [1.165, 1.54) is 0 Å². The SMILES string of the molecule is CCNCc1cc(S(=O)(=O)NC(C)(C)C)cn1CC. The fraction of sp³-hybridized carbons (Fsp3) is 0.692. The molecule has 0 saturated carbocycles. The Bertz CT molecular complexity index is 512. The number of hydrogen-bond acceptors (Lipinski definition) is 3. The highest BCUT2D eigenvalue weighted by Gasteiger charge is 2.23. The van der Waals surface area contributed by atoms with E-state index in [0.29, 0.717) is 11.4 Å². The summed E-state index contributed by atoms with van der Waals surface area (Å²) in [6.45, 7) is 11.8. The molecule has 0 atom stereocenters. The number of aryl methyl sites for hydroxylation is 1. The van der Waals surface area contributed by atoms with Crippen molar-refractivity contribution in [1.29, 1.82) is 0 Å². The third-order valence-corrected chi connectivity index (χ3v) is 4.33. The van der Waals surface area contributed by atoms with Crippen molar-refractivity contribution in [3.05, 3.63) is 18.0 Å². The van der Waals surface area contributed by atoms with Crippen LogP contribution in [0.15, 0.2) is 17.2 Å². The molecular formula is C13H25N3O2S. The average molecular weight is 287 g/mol. The minimum Gasteiger partial charge on any atom is -0.349 e. The Morgan fingerprint density at radius 2 is 1.89 bits per heavy atom. The van der Waals surface area contributed by atoms with Crippen LogP contribution in [0.5, 0.6) is 0 Å². The predicted octanol–water partition coefficient (Wildman–Crippen LogP) is 1.69. The Morgan fingerprint density at radius 3 is 2.37 bits per heavy atom. The van der Waals surface area contributed by atoms with Crippen molar-refractivity contribution < 1.29 is 8.42 Å². The van der Waals surface area contributed by atoms with Crippen LogP contribution in [0.4, 0.5) is 0 Å². The van der Waals surface area contributed by atoms with Crippen LogP contribution in [0.25, 0.3) is 0 Å². The second-order valence-electron chi connectivity index (χ2n) is 5.59. The number of rotatable bonds is 6. The first-order chi connectivity index (χ1) is 8.69. The molecule has 0 amide bonds. The van der Waals surface area contributed by atoms with E-state index in [9.17, 15) is 8.42 Å². The molecule has 1 aromatic rings. The molecule has 0 spiro atoms. The molecule has 0 unspecified atom stereocenters. The molecule has 0 fully saturated rings. The second kappa shape index (κ2) is 6.07. The first kappa shape index (κ1) is 16.2. The van der Waals surface area contributed by atoms with Crippen molar-refractivity contribution in [2.75, 3.05) is 6.54 Å². The number of aromatic nitrogens is 1. The third-order valence-electron chi connectivity index (χ3n) is 2.61. The zero-order valence-electron chi connectivity index (χ0n) is 12.4. The van der Waals surface area contributed by atoms with Crippen LogP contribution in [-0.4, -0.2) is 25.1 Å². The Labute approximate surface area is 116 Å². The van der Waals surface area contributed by atoms with Gasteiger partial charge in [0.05, 0.1) is 4.90 Å². The molecule has 0 radical (unpaired) electrons. The van der Waals surface area contributed by atoms with E-state index in [4.69, 9.17) is 0 Å². The topological polar surface area (TPSA) is 63.1 Å². The van der Waals surface area contributed by atoms with Gasteiger partial charge in [-0.25, -0.2) is 13.1 Å². The van der Waals surface area contributed by atoms with Gasteiger partial charge in [0.2, 0.25) is 10.0 Å². The highest BCUT2D eigenvalue weighted by molar-refractivity contribution is 7.89. The molecule has 6 heteroatoms. The van der Waals surface area contributed by atoms with Crippen LogP contribution >= 0.6 is 0 Å². The summed E-state index contributed by atoms with van der Waals surface area (Å²) < 4.78 is 29.1. The van der Waals surface area contributed by atoms with Crippen molar-refractivity contribution in [2.24, 2.45) is 0 Å². The van der Waals surface area contributed by atoms with Gasteiger partial charge < -0.3 is 9.88 Å². The van der Waals surface area contributed by atoms with Gasteiger partial charge in [-0.15, -0.1) is 0 Å². The van der Waals surface area contributed by atoms with Crippen LogP contribution in [0.2, 0.25) is 0 Å². The van der Waals surface area contributed by atoms with Crippen molar-refractivity contribution in [3.63, 3.8) is 0 Å². The fourth-order valence-corrected chi connectivity index (χ4v) is 3.31. The van der Waals surface area contributed by atoms with Crippen LogP contribution in [0.3, 0.4) is 0 Å². The van der Waals surface area contributed by atoms with E-state index < -0.39 is 15.6 Å². The summed E-state index contributed by atoms with van der Waals surface area (Å²) in [5.74, 6) is 0. The lowest BCUT2D eigenvalue weighted by atomic mass is 10.1. The highest BCUT2D eigenvalue weighted by atomic mass is 32.2. The maximum Gasteiger partial charge on any atom is 0.242 e. The van der Waals surface area contributed by atoms with Gasteiger partial charge in [0, 0.05) is 30.5 Å². The lowest BCUT2D eigenvalue weighted by Gasteiger charge is -2.19. The summed E-state index contributed by atoms with van der Waals surface area (Å²) in [6.07, 6.45) is 1.70. The van der Waals surface area contributed by atoms with Gasteiger partial charge in [0.15, 0.2) is 0 Å². The Morgan fingerprint density at radius 1 is 1.26 bits per heavy atom. The van der Waals surface area contributed by atoms with E-state index in [2.05, 4.69) is 10.0 Å². The van der Waals surface area contributed by atoms with Gasteiger partial charge in [0.1, 0.15) is 0 Å². The quantitative estimate of drug-likeness (QED) is 0.837. The molecule has 110 valence electrons. The molecule has 0 saturated heterocycles. The van der Waals surface area contributed by atoms with E-state index in [-0.39, 0.29) is 0 Å². The van der Waals surface area contributed by atoms with Crippen molar-refractivity contribution >= 4 is 10.0 Å². The smallest absolute Gasteiger partial charge is 0.242 e. The van der Waals surface area contributed by atoms with Crippen LogP contribution in [-0.2, 0) is 23.1 Å². The Balaban J connectivity index is 3.04. The molecule has 1 rings (SSSR count).